The molecule has 0 fully saturated rings. The lowest BCUT2D eigenvalue weighted by Crippen LogP contribution is -2.07. The van der Waals surface area contributed by atoms with Gasteiger partial charge in [0.05, 0.1) is 7.11 Å². The highest BCUT2D eigenvalue weighted by Gasteiger charge is 2.21. The normalized spacial score (nSPS) is 11.7. The fraction of sp³-hybridized carbons (Fsp3) is 0.143. The summed E-state index contributed by atoms with van der Waals surface area (Å²) < 4.78 is 63.6. The third-order valence-corrected chi connectivity index (χ3v) is 2.75. The van der Waals surface area contributed by atoms with E-state index >= 15 is 0 Å². The van der Waals surface area contributed by atoms with Crippen molar-refractivity contribution in [3.05, 3.63) is 29.6 Å². The first-order valence-corrected chi connectivity index (χ1v) is 4.74. The minimum absolute atomic E-state index is 0.140. The summed E-state index contributed by atoms with van der Waals surface area (Å²) in [7, 11) is -3.56. The van der Waals surface area contributed by atoms with Crippen LogP contribution in [0.15, 0.2) is 17.0 Å². The Morgan fingerprint density at radius 2 is 1.57 bits per heavy atom. The number of hydrogen-bond acceptors (Lipinski definition) is 3. The van der Waals surface area contributed by atoms with Crippen LogP contribution in [0, 0.1) is 17.5 Å². The van der Waals surface area contributed by atoms with Gasteiger partial charge in [-0.05, 0) is 0 Å². The van der Waals surface area contributed by atoms with Crippen molar-refractivity contribution in [2.45, 2.75) is 4.90 Å². The zero-order chi connectivity index (χ0) is 10.9. The van der Waals surface area contributed by atoms with E-state index in [1.807, 2.05) is 0 Å². The molecular formula is C7H5F3O3S. The summed E-state index contributed by atoms with van der Waals surface area (Å²) in [5.41, 5.74) is 0. The van der Waals surface area contributed by atoms with Crippen LogP contribution in [0.4, 0.5) is 13.2 Å². The highest BCUT2D eigenvalue weighted by atomic mass is 32.2. The third-order valence-electron chi connectivity index (χ3n) is 1.46. The van der Waals surface area contributed by atoms with Gasteiger partial charge in [0, 0.05) is 12.1 Å². The molecular weight excluding hydrogens is 221 g/mol. The summed E-state index contributed by atoms with van der Waals surface area (Å²) >= 11 is 0. The molecule has 7 heteroatoms. The van der Waals surface area contributed by atoms with Crippen molar-refractivity contribution in [3.63, 3.8) is 0 Å². The van der Waals surface area contributed by atoms with E-state index in [2.05, 4.69) is 4.18 Å². The van der Waals surface area contributed by atoms with Crippen LogP contribution in [-0.2, 0) is 14.3 Å². The first-order valence-electron chi connectivity index (χ1n) is 3.33. The van der Waals surface area contributed by atoms with E-state index in [1.165, 1.54) is 0 Å². The molecule has 0 N–H and O–H groups in total. The minimum Gasteiger partial charge on any atom is -0.270 e. The van der Waals surface area contributed by atoms with Crippen LogP contribution in [0.2, 0.25) is 0 Å². The third kappa shape index (κ3) is 1.88. The molecule has 0 amide bonds. The molecule has 0 bridgehead atoms. The van der Waals surface area contributed by atoms with E-state index in [4.69, 9.17) is 0 Å². The molecule has 3 nitrogen and oxygen atoms in total. The van der Waals surface area contributed by atoms with Gasteiger partial charge in [0.25, 0.3) is 10.1 Å². The second-order valence-corrected chi connectivity index (χ2v) is 4.00. The van der Waals surface area contributed by atoms with Crippen molar-refractivity contribution in [1.29, 1.82) is 0 Å². The summed E-state index contributed by atoms with van der Waals surface area (Å²) in [6.07, 6.45) is 0. The first-order chi connectivity index (χ1) is 6.38. The van der Waals surface area contributed by atoms with E-state index < -0.39 is 32.5 Å². The molecule has 0 heterocycles. The smallest absolute Gasteiger partial charge is 0.270 e. The maximum Gasteiger partial charge on any atom is 0.299 e. The molecule has 1 rings (SSSR count). The van der Waals surface area contributed by atoms with Crippen molar-refractivity contribution < 1.29 is 25.8 Å². The van der Waals surface area contributed by atoms with Gasteiger partial charge in [-0.15, -0.1) is 0 Å². The molecule has 0 aliphatic carbocycles. The summed E-state index contributed by atoms with van der Waals surface area (Å²) in [5, 5.41) is 0. The maximum atomic E-state index is 12.8. The van der Waals surface area contributed by atoms with Crippen LogP contribution in [0.3, 0.4) is 0 Å². The Kier molecular flexibility index (Phi) is 2.81. The monoisotopic (exact) mass is 226 g/mol. The van der Waals surface area contributed by atoms with E-state index in [-0.39, 0.29) is 12.1 Å². The molecule has 78 valence electrons. The Morgan fingerprint density at radius 1 is 1.07 bits per heavy atom. The lowest BCUT2D eigenvalue weighted by molar-refractivity contribution is 0.391. The number of benzene rings is 1. The molecule has 0 aliphatic heterocycles. The molecule has 0 radical (unpaired) electrons. The summed E-state index contributed by atoms with van der Waals surface area (Å²) in [5.74, 6) is -4.31. The molecule has 0 saturated heterocycles. The Morgan fingerprint density at radius 3 is 2.07 bits per heavy atom. The van der Waals surface area contributed by atoms with E-state index in [0.717, 1.165) is 7.11 Å². The molecule has 1 aromatic rings. The molecule has 0 atom stereocenters. The average Bonchev–Trinajstić information content (AvgIpc) is 2.11. The highest BCUT2D eigenvalue weighted by molar-refractivity contribution is 7.86. The SMILES string of the molecule is COS(=O)(=O)c1cc(F)c(F)cc1F. The van der Waals surface area contributed by atoms with Crippen molar-refractivity contribution in [2.24, 2.45) is 0 Å². The van der Waals surface area contributed by atoms with Gasteiger partial charge in [0.2, 0.25) is 0 Å². The van der Waals surface area contributed by atoms with Crippen molar-refractivity contribution >= 4 is 10.1 Å². The van der Waals surface area contributed by atoms with Crippen LogP contribution >= 0.6 is 0 Å². The lowest BCUT2D eigenvalue weighted by Gasteiger charge is -2.03. The molecule has 0 spiro atoms. The van der Waals surface area contributed by atoms with Gasteiger partial charge in [0.15, 0.2) is 11.6 Å². The standard InChI is InChI=1S/C7H5F3O3S/c1-13-14(11,12)7-3-5(9)4(8)2-6(7)10/h2-3H,1H3. The van der Waals surface area contributed by atoms with Gasteiger partial charge in [-0.1, -0.05) is 0 Å². The van der Waals surface area contributed by atoms with Crippen LogP contribution in [0.1, 0.15) is 0 Å². The first kappa shape index (κ1) is 11.0. The minimum atomic E-state index is -4.35. The molecule has 0 saturated carbocycles. The van der Waals surface area contributed by atoms with E-state index in [1.54, 1.807) is 0 Å². The van der Waals surface area contributed by atoms with E-state index in [0.29, 0.717) is 0 Å². The summed E-state index contributed by atoms with van der Waals surface area (Å²) in [6, 6.07) is 0.366. The molecule has 14 heavy (non-hydrogen) atoms. The molecule has 0 aliphatic rings. The summed E-state index contributed by atoms with van der Waals surface area (Å²) in [4.78, 5) is -1.03. The van der Waals surface area contributed by atoms with Gasteiger partial charge in [-0.2, -0.15) is 8.42 Å². The van der Waals surface area contributed by atoms with Crippen LogP contribution < -0.4 is 0 Å². The number of hydrogen-bond donors (Lipinski definition) is 0. The average molecular weight is 226 g/mol. The van der Waals surface area contributed by atoms with Gasteiger partial charge in [0.1, 0.15) is 10.7 Å². The molecule has 0 aromatic heterocycles. The molecule has 0 unspecified atom stereocenters. The second kappa shape index (κ2) is 3.58. The fourth-order valence-corrected chi connectivity index (χ4v) is 1.51. The second-order valence-electron chi connectivity index (χ2n) is 2.32. The van der Waals surface area contributed by atoms with Gasteiger partial charge >= 0.3 is 0 Å². The van der Waals surface area contributed by atoms with Gasteiger partial charge in [-0.25, -0.2) is 13.2 Å². The lowest BCUT2D eigenvalue weighted by atomic mass is 10.3. The van der Waals surface area contributed by atoms with Crippen molar-refractivity contribution in [2.75, 3.05) is 7.11 Å². The van der Waals surface area contributed by atoms with Crippen molar-refractivity contribution in [3.8, 4) is 0 Å². The largest absolute Gasteiger partial charge is 0.299 e. The topological polar surface area (TPSA) is 43.4 Å². The quantitative estimate of drug-likeness (QED) is 0.566. The predicted molar refractivity (Wildman–Crippen MR) is 40.5 cm³/mol. The zero-order valence-electron chi connectivity index (χ0n) is 6.92. The van der Waals surface area contributed by atoms with Gasteiger partial charge < -0.3 is 0 Å². The zero-order valence-corrected chi connectivity index (χ0v) is 7.74. The number of halogens is 3. The van der Waals surface area contributed by atoms with E-state index in [9.17, 15) is 21.6 Å². The van der Waals surface area contributed by atoms with Gasteiger partial charge in [-0.3, -0.25) is 4.18 Å². The van der Waals surface area contributed by atoms with Crippen molar-refractivity contribution in [1.82, 2.24) is 0 Å². The Balaban J connectivity index is 3.45. The van der Waals surface area contributed by atoms with Crippen LogP contribution in [-0.4, -0.2) is 15.5 Å². The summed E-state index contributed by atoms with van der Waals surface area (Å²) in [6.45, 7) is 0. The predicted octanol–water partition coefficient (Wildman–Crippen LogP) is 1.44. The molecule has 1 aromatic carbocycles. The Labute approximate surface area is 78.2 Å². The number of rotatable bonds is 2. The Bertz CT molecular complexity index is 455. The Hall–Kier alpha value is -1.08. The fourth-order valence-electron chi connectivity index (χ4n) is 0.786. The van der Waals surface area contributed by atoms with Crippen LogP contribution in [0.5, 0.6) is 0 Å². The van der Waals surface area contributed by atoms with Crippen LogP contribution in [0.25, 0.3) is 0 Å². The maximum absolute atomic E-state index is 12.8. The highest BCUT2D eigenvalue weighted by Crippen LogP contribution is 2.19.